The molecular weight excluding hydrogens is 385 g/mol. The molecule has 3 N–H and O–H groups in total. The van der Waals surface area contributed by atoms with Crippen molar-refractivity contribution in [3.63, 3.8) is 0 Å². The Kier molecular flexibility index (Phi) is 9.88. The van der Waals surface area contributed by atoms with Crippen molar-refractivity contribution in [3.05, 3.63) is 59.5 Å². The van der Waals surface area contributed by atoms with Crippen molar-refractivity contribution < 1.29 is 9.21 Å². The number of rotatable bonds is 6. The summed E-state index contributed by atoms with van der Waals surface area (Å²) in [4.78, 5) is 14.9. The molecule has 1 fully saturated rings. The van der Waals surface area contributed by atoms with Crippen LogP contribution in [-0.4, -0.2) is 30.4 Å². The molecule has 0 aliphatic carbocycles. The van der Waals surface area contributed by atoms with Gasteiger partial charge in [0, 0.05) is 6.54 Å². The van der Waals surface area contributed by atoms with Crippen LogP contribution in [0, 0.1) is 5.92 Å². The molecule has 150 valence electrons. The lowest BCUT2D eigenvalue weighted by Crippen LogP contribution is -2.41. The molecule has 1 saturated heterocycles. The molecule has 27 heavy (non-hydrogen) atoms. The molecule has 3 rings (SSSR count). The molecule has 0 spiro atoms. The van der Waals surface area contributed by atoms with Crippen LogP contribution in [0.5, 0.6) is 0 Å². The molecule has 1 unspecified atom stereocenters. The second-order valence-electron chi connectivity index (χ2n) is 6.86. The second-order valence-corrected chi connectivity index (χ2v) is 6.86. The molecule has 2 heterocycles. The number of nitrogens with one attached hydrogen (secondary N) is 1. The molecule has 1 aromatic heterocycles. The van der Waals surface area contributed by atoms with Crippen molar-refractivity contribution in [1.82, 2.24) is 10.2 Å². The van der Waals surface area contributed by atoms with Crippen molar-refractivity contribution in [2.24, 2.45) is 11.7 Å². The van der Waals surface area contributed by atoms with E-state index in [0.29, 0.717) is 24.4 Å². The predicted molar refractivity (Wildman–Crippen MR) is 113 cm³/mol. The first-order valence-corrected chi connectivity index (χ1v) is 9.02. The zero-order valence-electron chi connectivity index (χ0n) is 15.6. The normalized spacial score (nSPS) is 16.1. The molecular formula is C20H29Cl2N3O2. The summed E-state index contributed by atoms with van der Waals surface area (Å²) < 4.78 is 5.26. The molecule has 0 bridgehead atoms. The Morgan fingerprint density at radius 1 is 1.26 bits per heavy atom. The smallest absolute Gasteiger partial charge is 0.254 e. The third-order valence-corrected chi connectivity index (χ3v) is 5.02. The fourth-order valence-corrected chi connectivity index (χ4v) is 3.37. The van der Waals surface area contributed by atoms with Gasteiger partial charge in [0.2, 0.25) is 0 Å². The van der Waals surface area contributed by atoms with Gasteiger partial charge in [-0.3, -0.25) is 9.69 Å². The molecule has 7 heteroatoms. The summed E-state index contributed by atoms with van der Waals surface area (Å²) in [7, 11) is 0. The van der Waals surface area contributed by atoms with Crippen LogP contribution in [0.3, 0.4) is 0 Å². The van der Waals surface area contributed by atoms with Gasteiger partial charge < -0.3 is 15.5 Å². The largest absolute Gasteiger partial charge is 0.467 e. The van der Waals surface area contributed by atoms with E-state index in [1.54, 1.807) is 6.07 Å². The van der Waals surface area contributed by atoms with Crippen LogP contribution in [0.2, 0.25) is 0 Å². The Bertz CT molecular complexity index is 686. The summed E-state index contributed by atoms with van der Waals surface area (Å²) in [5.74, 6) is 1.28. The van der Waals surface area contributed by atoms with Gasteiger partial charge in [0.15, 0.2) is 0 Å². The summed E-state index contributed by atoms with van der Waals surface area (Å²) in [6.45, 7) is 5.33. The van der Waals surface area contributed by atoms with Crippen molar-refractivity contribution >= 4 is 30.7 Å². The van der Waals surface area contributed by atoms with Crippen LogP contribution in [-0.2, 0) is 6.54 Å². The van der Waals surface area contributed by atoms with Gasteiger partial charge >= 0.3 is 0 Å². The number of nitrogens with two attached hydrogens (primary N) is 1. The predicted octanol–water partition coefficient (Wildman–Crippen LogP) is 3.78. The average Bonchev–Trinajstić information content (AvgIpc) is 3.13. The second kappa shape index (κ2) is 11.3. The minimum atomic E-state index is -0.116. The molecule has 0 radical (unpaired) electrons. The molecule has 0 saturated carbocycles. The fourth-order valence-electron chi connectivity index (χ4n) is 3.37. The Hall–Kier alpha value is -1.53. The lowest BCUT2D eigenvalue weighted by Gasteiger charge is -2.37. The molecule has 1 amide bonds. The zero-order valence-corrected chi connectivity index (χ0v) is 17.2. The number of carbonyl (C=O) groups excluding carboxylic acids is 1. The van der Waals surface area contributed by atoms with Gasteiger partial charge in [0.25, 0.3) is 5.91 Å². The van der Waals surface area contributed by atoms with E-state index in [1.807, 2.05) is 6.07 Å². The maximum Gasteiger partial charge on any atom is 0.254 e. The Labute approximate surface area is 173 Å². The molecule has 1 aliphatic rings. The lowest BCUT2D eigenvalue weighted by molar-refractivity contribution is 0.0912. The Morgan fingerprint density at radius 2 is 1.93 bits per heavy atom. The number of likely N-dealkylation sites (tertiary alicyclic amines) is 1. The van der Waals surface area contributed by atoms with E-state index in [4.69, 9.17) is 10.2 Å². The quantitative estimate of drug-likeness (QED) is 0.755. The van der Waals surface area contributed by atoms with Gasteiger partial charge in [-0.15, -0.1) is 24.8 Å². The fraction of sp³-hybridized carbons (Fsp3) is 0.450. The van der Waals surface area contributed by atoms with E-state index < -0.39 is 0 Å². The summed E-state index contributed by atoms with van der Waals surface area (Å²) in [5, 5.41) is 3.06. The first-order chi connectivity index (χ1) is 12.2. The van der Waals surface area contributed by atoms with Gasteiger partial charge in [-0.2, -0.15) is 0 Å². The number of benzene rings is 1. The van der Waals surface area contributed by atoms with Crippen LogP contribution in [0.15, 0.2) is 47.1 Å². The number of hydrogen-bond donors (Lipinski definition) is 2. The highest BCUT2D eigenvalue weighted by Gasteiger charge is 2.25. The van der Waals surface area contributed by atoms with Crippen LogP contribution in [0.1, 0.15) is 47.5 Å². The number of nitrogens with zero attached hydrogens (tertiary/aromatic N) is 1. The third-order valence-electron chi connectivity index (χ3n) is 5.02. The van der Waals surface area contributed by atoms with E-state index >= 15 is 0 Å². The number of hydrogen-bond acceptors (Lipinski definition) is 4. The van der Waals surface area contributed by atoms with E-state index in [2.05, 4.69) is 41.4 Å². The topological polar surface area (TPSA) is 71.5 Å². The summed E-state index contributed by atoms with van der Waals surface area (Å²) in [6.07, 6.45) is 3.88. The van der Waals surface area contributed by atoms with E-state index in [1.165, 1.54) is 24.7 Å². The van der Waals surface area contributed by atoms with E-state index in [-0.39, 0.29) is 36.8 Å². The molecule has 1 aromatic carbocycles. The van der Waals surface area contributed by atoms with Crippen LogP contribution in [0.25, 0.3) is 0 Å². The SMILES string of the molecule is CC1CCN(C(CNC(=O)c2coc(CN)c2)c2ccccc2)CC1.Cl.Cl. The first-order valence-electron chi connectivity index (χ1n) is 9.02. The number of piperidine rings is 1. The van der Waals surface area contributed by atoms with Gasteiger partial charge in [-0.1, -0.05) is 37.3 Å². The molecule has 1 atom stereocenters. The lowest BCUT2D eigenvalue weighted by atomic mass is 9.95. The van der Waals surface area contributed by atoms with Gasteiger partial charge in [0.1, 0.15) is 12.0 Å². The number of amides is 1. The number of halogens is 2. The maximum absolute atomic E-state index is 12.4. The zero-order chi connectivity index (χ0) is 17.6. The number of carbonyl (C=O) groups is 1. The average molecular weight is 414 g/mol. The van der Waals surface area contributed by atoms with E-state index in [9.17, 15) is 4.79 Å². The van der Waals surface area contributed by atoms with Gasteiger partial charge in [0.05, 0.1) is 18.2 Å². The van der Waals surface area contributed by atoms with Crippen molar-refractivity contribution in [3.8, 4) is 0 Å². The Balaban J connectivity index is 0.00000182. The highest BCUT2D eigenvalue weighted by atomic mass is 35.5. The van der Waals surface area contributed by atoms with Gasteiger partial charge in [-0.25, -0.2) is 0 Å². The summed E-state index contributed by atoms with van der Waals surface area (Å²) in [6, 6.07) is 12.3. The molecule has 2 aromatic rings. The highest BCUT2D eigenvalue weighted by Crippen LogP contribution is 2.26. The minimum absolute atomic E-state index is 0. The van der Waals surface area contributed by atoms with Crippen LogP contribution in [0.4, 0.5) is 0 Å². The van der Waals surface area contributed by atoms with Crippen molar-refractivity contribution in [2.45, 2.75) is 32.4 Å². The van der Waals surface area contributed by atoms with Crippen LogP contribution < -0.4 is 11.1 Å². The minimum Gasteiger partial charge on any atom is -0.467 e. The maximum atomic E-state index is 12.4. The summed E-state index contributed by atoms with van der Waals surface area (Å²) in [5.41, 5.74) is 7.31. The molecule has 5 nitrogen and oxygen atoms in total. The standard InChI is InChI=1S/C20H27N3O2.2ClH/c1-15-7-9-23(10-8-15)19(16-5-3-2-4-6-16)13-22-20(24)17-11-18(12-21)25-14-17;;/h2-6,11,14-15,19H,7-10,12-13,21H2,1H3,(H,22,24);2*1H. The summed E-state index contributed by atoms with van der Waals surface area (Å²) >= 11 is 0. The Morgan fingerprint density at radius 3 is 2.52 bits per heavy atom. The van der Waals surface area contributed by atoms with Crippen molar-refractivity contribution in [1.29, 1.82) is 0 Å². The number of furan rings is 1. The molecule has 1 aliphatic heterocycles. The van der Waals surface area contributed by atoms with E-state index in [0.717, 1.165) is 19.0 Å². The highest BCUT2D eigenvalue weighted by molar-refractivity contribution is 5.94. The third kappa shape index (κ3) is 6.25. The van der Waals surface area contributed by atoms with Crippen LogP contribution >= 0.6 is 24.8 Å². The van der Waals surface area contributed by atoms with Gasteiger partial charge in [-0.05, 0) is 43.5 Å². The monoisotopic (exact) mass is 413 g/mol. The van der Waals surface area contributed by atoms with Crippen molar-refractivity contribution in [2.75, 3.05) is 19.6 Å². The first kappa shape index (κ1) is 23.5.